The van der Waals surface area contributed by atoms with Crippen LogP contribution >= 0.6 is 0 Å². The molecule has 11 heavy (non-hydrogen) atoms. The molecule has 0 fully saturated rings. The molecule has 0 aliphatic carbocycles. The Hall–Kier alpha value is -0.300. The predicted molar refractivity (Wildman–Crippen MR) is 31.4 cm³/mol. The molecule has 1 unspecified atom stereocenters. The molecule has 0 saturated carbocycles. The molecule has 0 N–H and O–H groups in total. The summed E-state index contributed by atoms with van der Waals surface area (Å²) in [5.74, 6) is -0.528. The molecule has 3 nitrogen and oxygen atoms in total. The Bertz CT molecular complexity index is 201. The fourth-order valence-electron chi connectivity index (χ4n) is 0.250. The Balaban J connectivity index is 4.05. The van der Waals surface area contributed by atoms with Crippen molar-refractivity contribution in [2.24, 2.45) is 0 Å². The van der Waals surface area contributed by atoms with Crippen LogP contribution < -0.4 is 0 Å². The van der Waals surface area contributed by atoms with Crippen LogP contribution in [0.4, 0.5) is 13.2 Å². The summed E-state index contributed by atoms with van der Waals surface area (Å²) in [7, 11) is -4.12. The van der Waals surface area contributed by atoms with Gasteiger partial charge in [0.2, 0.25) is 0 Å². The van der Waals surface area contributed by atoms with Crippen molar-refractivity contribution in [1.29, 1.82) is 0 Å². The van der Waals surface area contributed by atoms with Gasteiger partial charge in [-0.05, 0) is 6.92 Å². The first-order valence-corrected chi connectivity index (χ1v) is 4.30. The van der Waals surface area contributed by atoms with E-state index in [1.807, 2.05) is 0 Å². The molecule has 0 heterocycles. The van der Waals surface area contributed by atoms with Gasteiger partial charge in [0.1, 0.15) is 0 Å². The van der Waals surface area contributed by atoms with Crippen molar-refractivity contribution in [3.8, 4) is 0 Å². The molecule has 0 aromatic rings. The largest absolute Gasteiger partial charge is 0.294 e. The average molecular weight is 192 g/mol. The first-order chi connectivity index (χ1) is 4.89. The lowest BCUT2D eigenvalue weighted by atomic mass is 10.7. The van der Waals surface area contributed by atoms with Gasteiger partial charge >= 0.3 is 0 Å². The van der Waals surface area contributed by atoms with E-state index in [2.05, 4.69) is 4.18 Å². The number of rotatable bonds is 4. The maximum atomic E-state index is 11.9. The first kappa shape index (κ1) is 10.7. The summed E-state index contributed by atoms with van der Waals surface area (Å²) in [6.07, 6.45) is -6.49. The van der Waals surface area contributed by atoms with Gasteiger partial charge in [-0.25, -0.2) is 17.4 Å². The van der Waals surface area contributed by atoms with Gasteiger partial charge in [0.05, 0.1) is 5.75 Å². The standard InChI is InChI=1S/C4H7F3O3S/c1-2-11(8,9)10-4(7)3(5)6/h3-4H,2H2,1H3. The third-order valence-electron chi connectivity index (χ3n) is 0.790. The molecular formula is C4H7F3O3S. The summed E-state index contributed by atoms with van der Waals surface area (Å²) in [5, 5.41) is 0. The van der Waals surface area contributed by atoms with E-state index >= 15 is 0 Å². The summed E-state index contributed by atoms with van der Waals surface area (Å²) in [5.41, 5.74) is 0. The van der Waals surface area contributed by atoms with Crippen molar-refractivity contribution >= 4 is 10.1 Å². The fraction of sp³-hybridized carbons (Fsp3) is 1.00. The minimum atomic E-state index is -4.12. The highest BCUT2D eigenvalue weighted by Crippen LogP contribution is 2.10. The number of hydrogen-bond acceptors (Lipinski definition) is 3. The summed E-state index contributed by atoms with van der Waals surface area (Å²) in [4.78, 5) is 0. The Morgan fingerprint density at radius 3 is 2.09 bits per heavy atom. The topological polar surface area (TPSA) is 43.4 Å². The Morgan fingerprint density at radius 1 is 1.36 bits per heavy atom. The molecule has 1 atom stereocenters. The smallest absolute Gasteiger partial charge is 0.227 e. The normalized spacial score (nSPS) is 15.4. The minimum absolute atomic E-state index is 0.528. The van der Waals surface area contributed by atoms with E-state index in [4.69, 9.17) is 0 Å². The molecule has 0 aliphatic heterocycles. The van der Waals surface area contributed by atoms with Crippen LogP contribution in [0.1, 0.15) is 6.92 Å². The van der Waals surface area contributed by atoms with Gasteiger partial charge in [0.25, 0.3) is 22.9 Å². The van der Waals surface area contributed by atoms with Crippen molar-refractivity contribution in [2.75, 3.05) is 5.75 Å². The van der Waals surface area contributed by atoms with E-state index < -0.39 is 28.7 Å². The van der Waals surface area contributed by atoms with Crippen LogP contribution in [0.3, 0.4) is 0 Å². The van der Waals surface area contributed by atoms with E-state index in [9.17, 15) is 21.6 Å². The highest BCUT2D eigenvalue weighted by Gasteiger charge is 2.25. The van der Waals surface area contributed by atoms with Gasteiger partial charge in [0, 0.05) is 0 Å². The second-order valence-corrected chi connectivity index (χ2v) is 3.51. The zero-order valence-electron chi connectivity index (χ0n) is 5.63. The Kier molecular flexibility index (Phi) is 3.81. The van der Waals surface area contributed by atoms with Crippen LogP contribution in [-0.4, -0.2) is 27.0 Å². The lowest BCUT2D eigenvalue weighted by Crippen LogP contribution is -2.22. The van der Waals surface area contributed by atoms with Crippen molar-refractivity contribution in [3.63, 3.8) is 0 Å². The molecule has 0 aromatic carbocycles. The lowest BCUT2D eigenvalue weighted by Gasteiger charge is -2.06. The van der Waals surface area contributed by atoms with Gasteiger partial charge < -0.3 is 0 Å². The van der Waals surface area contributed by atoms with Crippen molar-refractivity contribution in [2.45, 2.75) is 19.7 Å². The zero-order valence-corrected chi connectivity index (χ0v) is 6.45. The molecule has 0 rings (SSSR count). The van der Waals surface area contributed by atoms with Crippen molar-refractivity contribution in [3.05, 3.63) is 0 Å². The van der Waals surface area contributed by atoms with Crippen LogP contribution in [-0.2, 0) is 14.3 Å². The number of alkyl halides is 3. The van der Waals surface area contributed by atoms with Crippen LogP contribution in [0, 0.1) is 0 Å². The molecular weight excluding hydrogens is 185 g/mol. The fourth-order valence-corrected chi connectivity index (χ4v) is 0.750. The van der Waals surface area contributed by atoms with Crippen LogP contribution in [0.2, 0.25) is 0 Å². The van der Waals surface area contributed by atoms with E-state index in [-0.39, 0.29) is 0 Å². The van der Waals surface area contributed by atoms with Gasteiger partial charge in [-0.15, -0.1) is 0 Å². The molecule has 0 bridgehead atoms. The molecule has 0 amide bonds. The van der Waals surface area contributed by atoms with Gasteiger partial charge in [0.15, 0.2) is 0 Å². The maximum absolute atomic E-state index is 11.9. The molecule has 0 saturated heterocycles. The van der Waals surface area contributed by atoms with Crippen molar-refractivity contribution in [1.82, 2.24) is 0 Å². The Morgan fingerprint density at radius 2 is 1.82 bits per heavy atom. The quantitative estimate of drug-likeness (QED) is 0.622. The van der Waals surface area contributed by atoms with Gasteiger partial charge in [-0.3, -0.25) is 0 Å². The SMILES string of the molecule is CCS(=O)(=O)OC(F)C(F)F. The molecule has 0 radical (unpaired) electrons. The number of hydrogen-bond donors (Lipinski definition) is 0. The maximum Gasteiger partial charge on any atom is 0.294 e. The molecule has 0 aromatic heterocycles. The average Bonchev–Trinajstić information content (AvgIpc) is 1.87. The second kappa shape index (κ2) is 3.91. The minimum Gasteiger partial charge on any atom is -0.227 e. The zero-order chi connectivity index (χ0) is 9.07. The van der Waals surface area contributed by atoms with Gasteiger partial charge in [-0.2, -0.15) is 8.42 Å². The van der Waals surface area contributed by atoms with Crippen LogP contribution in [0.5, 0.6) is 0 Å². The highest BCUT2D eigenvalue weighted by atomic mass is 32.2. The van der Waals surface area contributed by atoms with Crippen LogP contribution in [0.15, 0.2) is 0 Å². The second-order valence-electron chi connectivity index (χ2n) is 1.63. The molecule has 0 spiro atoms. The summed E-state index contributed by atoms with van der Waals surface area (Å²) < 4.78 is 58.6. The molecule has 68 valence electrons. The lowest BCUT2D eigenvalue weighted by molar-refractivity contribution is -0.0632. The monoisotopic (exact) mass is 192 g/mol. The number of halogens is 3. The summed E-state index contributed by atoms with van der Waals surface area (Å²) >= 11 is 0. The van der Waals surface area contributed by atoms with E-state index in [0.717, 1.165) is 6.92 Å². The van der Waals surface area contributed by atoms with Crippen LogP contribution in [0.25, 0.3) is 0 Å². The van der Waals surface area contributed by atoms with Crippen molar-refractivity contribution < 1.29 is 25.8 Å². The molecule has 0 aliphatic rings. The van der Waals surface area contributed by atoms with Gasteiger partial charge in [-0.1, -0.05) is 0 Å². The summed E-state index contributed by atoms with van der Waals surface area (Å²) in [6, 6.07) is 0. The van der Waals surface area contributed by atoms with E-state index in [1.54, 1.807) is 0 Å². The highest BCUT2D eigenvalue weighted by molar-refractivity contribution is 7.86. The first-order valence-electron chi connectivity index (χ1n) is 2.72. The molecule has 7 heteroatoms. The van der Waals surface area contributed by atoms with E-state index in [1.165, 1.54) is 0 Å². The third-order valence-corrected chi connectivity index (χ3v) is 1.97. The predicted octanol–water partition coefficient (Wildman–Crippen LogP) is 0.913. The van der Waals surface area contributed by atoms with E-state index in [0.29, 0.717) is 0 Å². The Labute approximate surface area is 62.3 Å². The third kappa shape index (κ3) is 4.20. The summed E-state index contributed by atoms with van der Waals surface area (Å²) in [6.45, 7) is 1.16.